The Morgan fingerprint density at radius 1 is 1.32 bits per heavy atom. The molecular formula is C15H20N2O2. The van der Waals surface area contributed by atoms with E-state index in [1.165, 1.54) is 0 Å². The van der Waals surface area contributed by atoms with Gasteiger partial charge in [0.2, 0.25) is 0 Å². The zero-order valence-electron chi connectivity index (χ0n) is 12.0. The Balaban J connectivity index is 2.52. The molecule has 0 bridgehead atoms. The molecule has 2 rings (SSSR count). The van der Waals surface area contributed by atoms with Crippen molar-refractivity contribution in [2.24, 2.45) is 0 Å². The van der Waals surface area contributed by atoms with Gasteiger partial charge in [0.15, 0.2) is 0 Å². The van der Waals surface area contributed by atoms with Crippen molar-refractivity contribution in [3.8, 4) is 5.75 Å². The first-order valence-corrected chi connectivity index (χ1v) is 6.30. The van der Waals surface area contributed by atoms with Crippen molar-refractivity contribution < 1.29 is 9.53 Å². The Morgan fingerprint density at radius 2 is 2.00 bits per heavy atom. The van der Waals surface area contributed by atoms with E-state index in [-0.39, 0.29) is 11.4 Å². The lowest BCUT2D eigenvalue weighted by Crippen LogP contribution is -2.40. The molecule has 1 aromatic carbocycles. The lowest BCUT2D eigenvalue weighted by atomic mass is 10.1. The third-order valence-electron chi connectivity index (χ3n) is 2.91. The van der Waals surface area contributed by atoms with Crippen LogP contribution >= 0.6 is 0 Å². The quantitative estimate of drug-likeness (QED) is 0.872. The van der Waals surface area contributed by atoms with Crippen molar-refractivity contribution >= 4 is 16.8 Å². The second-order valence-electron chi connectivity index (χ2n) is 5.74. The van der Waals surface area contributed by atoms with E-state index in [1.54, 1.807) is 7.11 Å². The molecule has 19 heavy (non-hydrogen) atoms. The number of ether oxygens (including phenoxy) is 1. The summed E-state index contributed by atoms with van der Waals surface area (Å²) in [5.74, 6) is 0.681. The molecule has 1 amide bonds. The standard InChI is InChI=1S/C15H20N2O2/c1-9-13(14(18)17-15(2,3)4)11-8-10(19-5)6-7-12(11)16-9/h6-8,16H,1-5H3,(H,17,18). The van der Waals surface area contributed by atoms with Gasteiger partial charge in [-0.1, -0.05) is 0 Å². The van der Waals surface area contributed by atoms with Gasteiger partial charge in [0.05, 0.1) is 12.7 Å². The van der Waals surface area contributed by atoms with E-state index in [4.69, 9.17) is 4.74 Å². The minimum atomic E-state index is -0.258. The van der Waals surface area contributed by atoms with Gasteiger partial charge in [-0.25, -0.2) is 0 Å². The predicted molar refractivity (Wildman–Crippen MR) is 76.8 cm³/mol. The Bertz CT molecular complexity index is 621. The number of nitrogens with one attached hydrogen (secondary N) is 2. The highest BCUT2D eigenvalue weighted by Crippen LogP contribution is 2.26. The van der Waals surface area contributed by atoms with Gasteiger partial charge in [0.1, 0.15) is 5.75 Å². The number of fused-ring (bicyclic) bond motifs is 1. The second kappa shape index (κ2) is 4.61. The van der Waals surface area contributed by atoms with Crippen molar-refractivity contribution in [3.05, 3.63) is 29.5 Å². The molecule has 0 aliphatic carbocycles. The number of methoxy groups -OCH3 is 1. The summed E-state index contributed by atoms with van der Waals surface area (Å²) in [5.41, 5.74) is 2.23. The maximum absolute atomic E-state index is 12.4. The Labute approximate surface area is 113 Å². The average molecular weight is 260 g/mol. The molecule has 0 radical (unpaired) electrons. The molecule has 1 heterocycles. The summed E-state index contributed by atoms with van der Waals surface area (Å²) in [6.45, 7) is 7.81. The maximum Gasteiger partial charge on any atom is 0.254 e. The number of rotatable bonds is 2. The van der Waals surface area contributed by atoms with Gasteiger partial charge in [-0.3, -0.25) is 4.79 Å². The van der Waals surface area contributed by atoms with E-state index in [0.29, 0.717) is 5.56 Å². The van der Waals surface area contributed by atoms with E-state index in [2.05, 4.69) is 10.3 Å². The van der Waals surface area contributed by atoms with Crippen LogP contribution in [-0.4, -0.2) is 23.5 Å². The topological polar surface area (TPSA) is 54.1 Å². The highest BCUT2D eigenvalue weighted by atomic mass is 16.5. The predicted octanol–water partition coefficient (Wildman–Crippen LogP) is 3.01. The first kappa shape index (κ1) is 13.5. The summed E-state index contributed by atoms with van der Waals surface area (Å²) in [7, 11) is 1.62. The molecule has 0 fully saturated rings. The molecule has 0 aliphatic rings. The first-order valence-electron chi connectivity index (χ1n) is 6.30. The molecule has 0 aliphatic heterocycles. The fraction of sp³-hybridized carbons (Fsp3) is 0.400. The summed E-state index contributed by atoms with van der Waals surface area (Å²) in [4.78, 5) is 15.6. The summed E-state index contributed by atoms with van der Waals surface area (Å²) >= 11 is 0. The third-order valence-corrected chi connectivity index (χ3v) is 2.91. The van der Waals surface area contributed by atoms with Gasteiger partial charge in [-0.15, -0.1) is 0 Å². The van der Waals surface area contributed by atoms with Gasteiger partial charge in [-0.05, 0) is 45.9 Å². The highest BCUT2D eigenvalue weighted by molar-refractivity contribution is 6.08. The number of amides is 1. The Hall–Kier alpha value is -1.97. The number of carbonyl (C=O) groups excluding carboxylic acids is 1. The zero-order valence-corrected chi connectivity index (χ0v) is 12.0. The lowest BCUT2D eigenvalue weighted by molar-refractivity contribution is 0.0920. The summed E-state index contributed by atoms with van der Waals surface area (Å²) in [6, 6.07) is 5.69. The summed E-state index contributed by atoms with van der Waals surface area (Å²) in [5, 5.41) is 3.88. The molecule has 1 aromatic heterocycles. The van der Waals surface area contributed by atoms with Crippen molar-refractivity contribution in [3.63, 3.8) is 0 Å². The molecule has 0 atom stereocenters. The van der Waals surface area contributed by atoms with E-state index >= 15 is 0 Å². The van der Waals surface area contributed by atoms with Crippen molar-refractivity contribution in [1.82, 2.24) is 10.3 Å². The molecule has 4 heteroatoms. The lowest BCUT2D eigenvalue weighted by Gasteiger charge is -2.20. The normalized spacial score (nSPS) is 11.6. The number of aryl methyl sites for hydroxylation is 1. The molecular weight excluding hydrogens is 240 g/mol. The molecule has 0 spiro atoms. The summed E-state index contributed by atoms with van der Waals surface area (Å²) < 4.78 is 5.22. The largest absolute Gasteiger partial charge is 0.497 e. The molecule has 102 valence electrons. The smallest absolute Gasteiger partial charge is 0.254 e. The number of aromatic amines is 1. The fourth-order valence-electron chi connectivity index (χ4n) is 2.13. The molecule has 0 saturated heterocycles. The van der Waals surface area contributed by atoms with Crippen LogP contribution in [0.3, 0.4) is 0 Å². The number of hydrogen-bond acceptors (Lipinski definition) is 2. The highest BCUT2D eigenvalue weighted by Gasteiger charge is 2.20. The first-order chi connectivity index (χ1) is 8.81. The third kappa shape index (κ3) is 2.72. The van der Waals surface area contributed by atoms with Crippen molar-refractivity contribution in [2.75, 3.05) is 7.11 Å². The van der Waals surface area contributed by atoms with Crippen LogP contribution in [0.2, 0.25) is 0 Å². The minimum absolute atomic E-state index is 0.0653. The van der Waals surface area contributed by atoms with Gasteiger partial charge in [0.25, 0.3) is 5.91 Å². The summed E-state index contributed by atoms with van der Waals surface area (Å²) in [6.07, 6.45) is 0. The molecule has 4 nitrogen and oxygen atoms in total. The van der Waals surface area contributed by atoms with E-state index in [9.17, 15) is 4.79 Å². The van der Waals surface area contributed by atoms with Crippen LogP contribution in [0.1, 0.15) is 36.8 Å². The van der Waals surface area contributed by atoms with E-state index < -0.39 is 0 Å². The number of hydrogen-bond donors (Lipinski definition) is 2. The van der Waals surface area contributed by atoms with Crippen LogP contribution in [0.15, 0.2) is 18.2 Å². The Morgan fingerprint density at radius 3 is 2.58 bits per heavy atom. The Kier molecular flexibility index (Phi) is 3.27. The van der Waals surface area contributed by atoms with Gasteiger partial charge < -0.3 is 15.0 Å². The average Bonchev–Trinajstić information content (AvgIpc) is 2.61. The van der Waals surface area contributed by atoms with Crippen LogP contribution in [0.25, 0.3) is 10.9 Å². The fourth-order valence-corrected chi connectivity index (χ4v) is 2.13. The molecule has 2 N–H and O–H groups in total. The number of benzene rings is 1. The monoisotopic (exact) mass is 260 g/mol. The number of H-pyrrole nitrogens is 1. The van der Waals surface area contributed by atoms with Gasteiger partial charge >= 0.3 is 0 Å². The number of carbonyl (C=O) groups is 1. The van der Waals surface area contributed by atoms with Gasteiger partial charge in [-0.2, -0.15) is 0 Å². The molecule has 2 aromatic rings. The van der Waals surface area contributed by atoms with Gasteiger partial charge in [0, 0.05) is 22.1 Å². The van der Waals surface area contributed by atoms with E-state index in [0.717, 1.165) is 22.3 Å². The van der Waals surface area contributed by atoms with Crippen LogP contribution in [0.5, 0.6) is 5.75 Å². The second-order valence-corrected chi connectivity index (χ2v) is 5.74. The zero-order chi connectivity index (χ0) is 14.2. The van der Waals surface area contributed by atoms with Crippen LogP contribution < -0.4 is 10.1 Å². The van der Waals surface area contributed by atoms with Crippen LogP contribution in [0, 0.1) is 6.92 Å². The molecule has 0 saturated carbocycles. The van der Waals surface area contributed by atoms with Crippen molar-refractivity contribution in [2.45, 2.75) is 33.2 Å². The van der Waals surface area contributed by atoms with Crippen LogP contribution in [-0.2, 0) is 0 Å². The van der Waals surface area contributed by atoms with Crippen molar-refractivity contribution in [1.29, 1.82) is 0 Å². The van der Waals surface area contributed by atoms with Crippen LogP contribution in [0.4, 0.5) is 0 Å². The molecule has 0 unspecified atom stereocenters. The maximum atomic E-state index is 12.4. The van der Waals surface area contributed by atoms with E-state index in [1.807, 2.05) is 45.9 Å². The number of aromatic nitrogens is 1. The minimum Gasteiger partial charge on any atom is -0.497 e. The SMILES string of the molecule is COc1ccc2[nH]c(C)c(C(=O)NC(C)(C)C)c2c1.